The summed E-state index contributed by atoms with van der Waals surface area (Å²) in [5.74, 6) is -0.447. The molecular weight excluding hydrogens is 388 g/mol. The summed E-state index contributed by atoms with van der Waals surface area (Å²) in [4.78, 5) is 25.7. The highest BCUT2D eigenvalue weighted by atomic mass is 16.5. The van der Waals surface area contributed by atoms with Crippen LogP contribution in [0.25, 0.3) is 0 Å². The molecule has 166 valence electrons. The Morgan fingerprint density at radius 2 is 1.61 bits per heavy atom. The molecule has 0 atom stereocenters. The molecule has 0 bridgehead atoms. The second kappa shape index (κ2) is 11.1. The van der Waals surface area contributed by atoms with E-state index in [9.17, 15) is 9.59 Å². The van der Waals surface area contributed by atoms with Gasteiger partial charge in [0.05, 0.1) is 30.9 Å². The van der Waals surface area contributed by atoms with Gasteiger partial charge in [0.15, 0.2) is 6.54 Å². The number of amides is 1. The molecule has 1 saturated heterocycles. The highest BCUT2D eigenvalue weighted by Crippen LogP contribution is 2.25. The van der Waals surface area contributed by atoms with Crippen molar-refractivity contribution in [3.8, 4) is 0 Å². The number of carbonyl (C=O) groups excluding carboxylic acids is 2. The Morgan fingerprint density at radius 1 is 0.935 bits per heavy atom. The lowest BCUT2D eigenvalue weighted by atomic mass is 10.0. The van der Waals surface area contributed by atoms with Gasteiger partial charge in [-0.25, -0.2) is 4.79 Å². The van der Waals surface area contributed by atoms with E-state index >= 15 is 0 Å². The average Bonchev–Trinajstić information content (AvgIpc) is 2.73. The Hall–Kier alpha value is -2.66. The normalized spacial score (nSPS) is 16.1. The van der Waals surface area contributed by atoms with Crippen LogP contribution in [0.1, 0.15) is 60.5 Å². The monoisotopic (exact) mass is 423 g/mol. The quantitative estimate of drug-likeness (QED) is 0.498. The number of anilines is 1. The van der Waals surface area contributed by atoms with Gasteiger partial charge in [-0.2, -0.15) is 0 Å². The van der Waals surface area contributed by atoms with Crippen molar-refractivity contribution in [2.75, 3.05) is 31.6 Å². The first-order chi connectivity index (χ1) is 15.0. The van der Waals surface area contributed by atoms with E-state index in [2.05, 4.69) is 29.6 Å². The van der Waals surface area contributed by atoms with E-state index in [1.807, 2.05) is 25.1 Å². The Kier molecular flexibility index (Phi) is 8.24. The third kappa shape index (κ3) is 6.41. The second-order valence-corrected chi connectivity index (χ2v) is 8.62. The van der Waals surface area contributed by atoms with E-state index in [4.69, 9.17) is 4.74 Å². The van der Waals surface area contributed by atoms with Gasteiger partial charge in [0.25, 0.3) is 5.91 Å². The van der Waals surface area contributed by atoms with Crippen LogP contribution in [0, 0.1) is 6.92 Å². The van der Waals surface area contributed by atoms with Crippen LogP contribution in [0.2, 0.25) is 0 Å². The summed E-state index contributed by atoms with van der Waals surface area (Å²) in [7, 11) is 0. The molecule has 1 fully saturated rings. The van der Waals surface area contributed by atoms with Gasteiger partial charge >= 0.3 is 5.97 Å². The number of hydrogen-bond acceptors (Lipinski definition) is 3. The van der Waals surface area contributed by atoms with Crippen LogP contribution in [0.5, 0.6) is 0 Å². The molecule has 0 spiro atoms. The van der Waals surface area contributed by atoms with Crippen molar-refractivity contribution < 1.29 is 18.8 Å². The molecule has 0 aliphatic carbocycles. The van der Waals surface area contributed by atoms with Crippen LogP contribution in [0.4, 0.5) is 5.69 Å². The lowest BCUT2D eigenvalue weighted by molar-refractivity contribution is -0.934. The number of aryl methyl sites for hydroxylation is 1. The topological polar surface area (TPSA) is 55.4 Å². The van der Waals surface area contributed by atoms with Gasteiger partial charge in [-0.05, 0) is 51.2 Å². The van der Waals surface area contributed by atoms with Crippen molar-refractivity contribution >= 4 is 17.6 Å². The molecule has 5 nitrogen and oxygen atoms in total. The Balaban J connectivity index is 1.82. The zero-order valence-corrected chi connectivity index (χ0v) is 18.9. The first-order valence-corrected chi connectivity index (χ1v) is 11.5. The molecule has 1 aliphatic heterocycles. The SMILES string of the molecule is CCOC(=O)c1cccc(C)c1NC(=O)C[N+]1(Cc2ccccc2)CCCCCCC1. The minimum Gasteiger partial charge on any atom is -0.462 e. The number of benzene rings is 2. The summed E-state index contributed by atoms with van der Waals surface area (Å²) < 4.78 is 5.95. The number of carbonyl (C=O) groups is 2. The average molecular weight is 424 g/mol. The predicted molar refractivity (Wildman–Crippen MR) is 124 cm³/mol. The maximum absolute atomic E-state index is 13.3. The Morgan fingerprint density at radius 3 is 2.29 bits per heavy atom. The van der Waals surface area contributed by atoms with Gasteiger partial charge < -0.3 is 14.5 Å². The number of para-hydroxylation sites is 1. The molecule has 1 aliphatic rings. The van der Waals surface area contributed by atoms with Crippen molar-refractivity contribution in [1.29, 1.82) is 0 Å². The number of esters is 1. The molecule has 2 aromatic rings. The van der Waals surface area contributed by atoms with E-state index in [-0.39, 0.29) is 5.91 Å². The third-order valence-electron chi connectivity index (χ3n) is 6.14. The fourth-order valence-electron chi connectivity index (χ4n) is 4.58. The van der Waals surface area contributed by atoms with E-state index < -0.39 is 5.97 Å². The summed E-state index contributed by atoms with van der Waals surface area (Å²) in [6.45, 7) is 7.26. The molecule has 2 aromatic carbocycles. The van der Waals surface area contributed by atoms with Crippen LogP contribution >= 0.6 is 0 Å². The molecule has 1 N–H and O–H groups in total. The van der Waals surface area contributed by atoms with Crippen LogP contribution in [-0.2, 0) is 16.1 Å². The first-order valence-electron chi connectivity index (χ1n) is 11.5. The van der Waals surface area contributed by atoms with Crippen molar-refractivity contribution in [3.63, 3.8) is 0 Å². The number of quaternary nitrogens is 1. The number of likely N-dealkylation sites (tertiary alicyclic amines) is 1. The number of nitrogens with zero attached hydrogens (tertiary/aromatic N) is 1. The summed E-state index contributed by atoms with van der Waals surface area (Å²) in [5, 5.41) is 3.06. The molecule has 31 heavy (non-hydrogen) atoms. The molecule has 0 radical (unpaired) electrons. The summed E-state index contributed by atoms with van der Waals surface area (Å²) in [6.07, 6.45) is 6.00. The lowest BCUT2D eigenvalue weighted by Crippen LogP contribution is -2.53. The third-order valence-corrected chi connectivity index (χ3v) is 6.14. The fraction of sp³-hybridized carbons (Fsp3) is 0.462. The molecule has 1 amide bonds. The van der Waals surface area contributed by atoms with Crippen LogP contribution in [0.15, 0.2) is 48.5 Å². The van der Waals surface area contributed by atoms with Crippen LogP contribution in [-0.4, -0.2) is 42.6 Å². The van der Waals surface area contributed by atoms with Gasteiger partial charge in [0.1, 0.15) is 6.54 Å². The molecule has 3 rings (SSSR count). The largest absolute Gasteiger partial charge is 0.462 e. The van der Waals surface area contributed by atoms with Crippen LogP contribution in [0.3, 0.4) is 0 Å². The number of ether oxygens (including phenoxy) is 1. The van der Waals surface area contributed by atoms with E-state index in [0.717, 1.165) is 42.5 Å². The maximum Gasteiger partial charge on any atom is 0.340 e. The van der Waals surface area contributed by atoms with Crippen molar-refractivity contribution in [2.24, 2.45) is 0 Å². The molecular formula is C26H35N2O3+. The van der Waals surface area contributed by atoms with E-state index in [0.29, 0.717) is 24.4 Å². The van der Waals surface area contributed by atoms with Gasteiger partial charge in [-0.15, -0.1) is 0 Å². The highest BCUT2D eigenvalue weighted by molar-refractivity contribution is 6.02. The van der Waals surface area contributed by atoms with Crippen molar-refractivity contribution in [1.82, 2.24) is 0 Å². The zero-order chi connectivity index (χ0) is 22.1. The van der Waals surface area contributed by atoms with Crippen molar-refractivity contribution in [2.45, 2.75) is 52.5 Å². The number of rotatable bonds is 7. The van der Waals surface area contributed by atoms with Gasteiger partial charge in [0.2, 0.25) is 0 Å². The zero-order valence-electron chi connectivity index (χ0n) is 18.9. The second-order valence-electron chi connectivity index (χ2n) is 8.62. The van der Waals surface area contributed by atoms with Gasteiger partial charge in [0, 0.05) is 5.56 Å². The Bertz CT molecular complexity index is 871. The molecule has 0 saturated carbocycles. The molecule has 0 unspecified atom stereocenters. The molecule has 0 aromatic heterocycles. The molecule has 5 heteroatoms. The smallest absolute Gasteiger partial charge is 0.340 e. The predicted octanol–water partition coefficient (Wildman–Crippen LogP) is 5.09. The first kappa shape index (κ1) is 23.0. The maximum atomic E-state index is 13.3. The lowest BCUT2D eigenvalue weighted by Gasteiger charge is -2.39. The summed E-state index contributed by atoms with van der Waals surface area (Å²) in [6, 6.07) is 15.9. The minimum atomic E-state index is -0.402. The van der Waals surface area contributed by atoms with Gasteiger partial charge in [-0.1, -0.05) is 48.9 Å². The van der Waals surface area contributed by atoms with E-state index in [1.165, 1.54) is 24.8 Å². The van der Waals surface area contributed by atoms with Crippen LogP contribution < -0.4 is 5.32 Å². The molecule has 1 heterocycles. The fourth-order valence-corrected chi connectivity index (χ4v) is 4.58. The summed E-state index contributed by atoms with van der Waals surface area (Å²) in [5.41, 5.74) is 3.11. The highest BCUT2D eigenvalue weighted by Gasteiger charge is 2.32. The van der Waals surface area contributed by atoms with Gasteiger partial charge in [-0.3, -0.25) is 4.79 Å². The number of hydrogen-bond donors (Lipinski definition) is 1. The van der Waals surface area contributed by atoms with E-state index in [1.54, 1.807) is 13.0 Å². The summed E-state index contributed by atoms with van der Waals surface area (Å²) >= 11 is 0. The minimum absolute atomic E-state index is 0.0450. The standard InChI is InChI=1S/C26H34N2O3/c1-3-31-26(30)23-16-12-13-21(2)25(23)27-24(29)20-28(17-10-5-4-6-11-18-28)19-22-14-8-7-9-15-22/h7-9,12-16H,3-6,10-11,17-20H2,1-2H3/p+1. The Labute approximate surface area is 186 Å². The van der Waals surface area contributed by atoms with Crippen molar-refractivity contribution in [3.05, 3.63) is 65.2 Å². The number of nitrogens with one attached hydrogen (secondary N) is 1.